The fourth-order valence-electron chi connectivity index (χ4n) is 9.15. The maximum atomic E-state index is 15.2. The Balaban J connectivity index is 1.36. The number of nitrogens with one attached hydrogen (secondary N) is 2. The number of carbonyl (C=O) groups is 2. The van der Waals surface area contributed by atoms with Crippen molar-refractivity contribution in [2.75, 3.05) is 40.8 Å². The number of hydrogen-bond donors (Lipinski definition) is 2. The molecule has 0 bridgehead atoms. The van der Waals surface area contributed by atoms with Crippen molar-refractivity contribution in [3.63, 3.8) is 0 Å². The van der Waals surface area contributed by atoms with Crippen LogP contribution in [0.2, 0.25) is 0 Å². The molecule has 5 aliphatic rings. The van der Waals surface area contributed by atoms with E-state index in [1.807, 2.05) is 18.2 Å². The Labute approximate surface area is 270 Å². The molecule has 2 saturated heterocycles. The molecule has 10 nitrogen and oxygen atoms in total. The number of rotatable bonds is 6. The zero-order valence-electron chi connectivity index (χ0n) is 26.8. The van der Waals surface area contributed by atoms with Crippen molar-refractivity contribution in [1.82, 2.24) is 23.8 Å². The molecular formula is C35H43N5O5S. The van der Waals surface area contributed by atoms with Crippen LogP contribution in [-0.4, -0.2) is 80.9 Å². The van der Waals surface area contributed by atoms with Crippen LogP contribution in [0.5, 0.6) is 5.75 Å². The van der Waals surface area contributed by atoms with Gasteiger partial charge in [-0.05, 0) is 85.4 Å². The summed E-state index contributed by atoms with van der Waals surface area (Å²) >= 11 is 0. The highest BCUT2D eigenvalue weighted by Gasteiger charge is 2.68. The van der Waals surface area contributed by atoms with Gasteiger partial charge in [0.15, 0.2) is 0 Å². The lowest BCUT2D eigenvalue weighted by molar-refractivity contribution is -0.140. The third-order valence-electron chi connectivity index (χ3n) is 11.5. The predicted octanol–water partition coefficient (Wildman–Crippen LogP) is 4.31. The first-order valence-electron chi connectivity index (χ1n) is 16.8. The number of benzene rings is 2. The Morgan fingerprint density at radius 3 is 2.59 bits per heavy atom. The maximum absolute atomic E-state index is 15.2. The number of ether oxygens (including phenoxy) is 1. The molecule has 46 heavy (non-hydrogen) atoms. The third-order valence-corrected chi connectivity index (χ3v) is 12.9. The monoisotopic (exact) mass is 645 g/mol. The van der Waals surface area contributed by atoms with Crippen molar-refractivity contribution in [2.45, 2.75) is 74.8 Å². The number of piperidine rings is 1. The molecule has 2 amide bonds. The number of hydrogen-bond acceptors (Lipinski definition) is 6. The average Bonchev–Trinajstić information content (AvgIpc) is 3.46. The first kappa shape index (κ1) is 30.0. The van der Waals surface area contributed by atoms with Crippen molar-refractivity contribution in [2.24, 2.45) is 5.92 Å². The number of amides is 2. The smallest absolute Gasteiger partial charge is 0.303 e. The fraction of sp³-hybridized carbons (Fsp3) is 0.543. The third kappa shape index (κ3) is 4.37. The molecule has 4 heterocycles. The first-order valence-corrected chi connectivity index (χ1v) is 18.2. The molecule has 0 spiro atoms. The molecule has 244 valence electrons. The van der Waals surface area contributed by atoms with Crippen LogP contribution in [-0.2, 0) is 20.5 Å². The number of methoxy groups -OCH3 is 1. The highest BCUT2D eigenvalue weighted by molar-refractivity contribution is 7.87. The number of aromatic nitrogens is 1. The molecule has 2 aliphatic carbocycles. The van der Waals surface area contributed by atoms with E-state index in [-0.39, 0.29) is 23.4 Å². The van der Waals surface area contributed by atoms with E-state index in [4.69, 9.17) is 4.74 Å². The van der Waals surface area contributed by atoms with Gasteiger partial charge in [0.25, 0.3) is 5.91 Å². The number of carbonyl (C=O) groups excluding carboxylic acids is 2. The normalized spacial score (nSPS) is 27.1. The second-order valence-electron chi connectivity index (χ2n) is 14.1. The van der Waals surface area contributed by atoms with Gasteiger partial charge in [-0.3, -0.25) is 9.59 Å². The Morgan fingerprint density at radius 1 is 1.02 bits per heavy atom. The van der Waals surface area contributed by atoms with Gasteiger partial charge in [0, 0.05) is 62.2 Å². The van der Waals surface area contributed by atoms with E-state index in [1.54, 1.807) is 13.2 Å². The summed E-state index contributed by atoms with van der Waals surface area (Å²) in [5.41, 5.74) is 4.91. The molecule has 0 radical (unpaired) electrons. The van der Waals surface area contributed by atoms with Crippen molar-refractivity contribution >= 4 is 32.9 Å². The number of likely N-dealkylation sites (tertiary alicyclic amines) is 1. The number of fused-ring (bicyclic) bond motifs is 9. The SMILES string of the molecule is COc1ccc2c(c1)C1CC1(C(=O)N1CCC[C@H]3CNC[C@H]31)n1c-2c(C2CCCCC2)c2ccc(C(=O)NS(=O)(=O)N(C)C)cc21. The largest absolute Gasteiger partial charge is 0.497 e. The van der Waals surface area contributed by atoms with Crippen LogP contribution in [0.15, 0.2) is 36.4 Å². The van der Waals surface area contributed by atoms with Gasteiger partial charge in [-0.2, -0.15) is 12.7 Å². The standard InChI is InChI=1S/C35H43N5O5S/c1-38(2)46(43,44)37-33(41)22-11-13-26-29(16-22)40-32(31(26)21-8-5-4-6-9-21)25-14-12-24(45-3)17-27(25)28-18-35(28,40)34(42)39-15-7-10-23-19-36-20-30(23)39/h11-14,16-17,21,23,28,30,36H,4-10,15,18-20H2,1-3H3,(H,37,41)/t23-,28?,30+,35?/m0/s1. The topological polar surface area (TPSA) is 113 Å². The summed E-state index contributed by atoms with van der Waals surface area (Å²) in [5.74, 6) is 1.05. The van der Waals surface area contributed by atoms with Gasteiger partial charge in [0.1, 0.15) is 11.3 Å². The summed E-state index contributed by atoms with van der Waals surface area (Å²) in [6.07, 6.45) is 8.50. The average molecular weight is 646 g/mol. The lowest BCUT2D eigenvalue weighted by Gasteiger charge is -2.41. The molecule has 2 N–H and O–H groups in total. The van der Waals surface area contributed by atoms with Gasteiger partial charge >= 0.3 is 10.2 Å². The molecule has 4 atom stereocenters. The Hall–Kier alpha value is -3.41. The molecule has 2 unspecified atom stereocenters. The highest BCUT2D eigenvalue weighted by atomic mass is 32.2. The Morgan fingerprint density at radius 2 is 1.83 bits per heavy atom. The molecule has 2 saturated carbocycles. The summed E-state index contributed by atoms with van der Waals surface area (Å²) in [6.45, 7) is 2.52. The molecule has 2 aromatic carbocycles. The van der Waals surface area contributed by atoms with Gasteiger partial charge in [-0.1, -0.05) is 25.3 Å². The van der Waals surface area contributed by atoms with Gasteiger partial charge < -0.3 is 19.5 Å². The van der Waals surface area contributed by atoms with Crippen molar-refractivity contribution in [3.05, 3.63) is 53.1 Å². The van der Waals surface area contributed by atoms with Crippen LogP contribution in [0.3, 0.4) is 0 Å². The first-order chi connectivity index (χ1) is 22.2. The van der Waals surface area contributed by atoms with E-state index in [0.717, 1.165) is 95.9 Å². The van der Waals surface area contributed by atoms with E-state index in [1.165, 1.54) is 26.1 Å². The van der Waals surface area contributed by atoms with Crippen LogP contribution in [0.4, 0.5) is 0 Å². The van der Waals surface area contributed by atoms with Crippen LogP contribution in [0, 0.1) is 5.92 Å². The van der Waals surface area contributed by atoms with E-state index >= 15 is 4.79 Å². The quantitative estimate of drug-likeness (QED) is 0.414. The van der Waals surface area contributed by atoms with E-state index in [0.29, 0.717) is 18.3 Å². The van der Waals surface area contributed by atoms with Crippen LogP contribution in [0.25, 0.3) is 22.2 Å². The van der Waals surface area contributed by atoms with E-state index < -0.39 is 21.7 Å². The second kappa shape index (κ2) is 10.8. The lowest BCUT2D eigenvalue weighted by Crippen LogP contribution is -2.54. The van der Waals surface area contributed by atoms with Crippen LogP contribution in [0.1, 0.15) is 84.7 Å². The zero-order valence-corrected chi connectivity index (χ0v) is 27.7. The summed E-state index contributed by atoms with van der Waals surface area (Å²) in [6, 6.07) is 12.0. The summed E-state index contributed by atoms with van der Waals surface area (Å²) < 4.78 is 36.4. The summed E-state index contributed by atoms with van der Waals surface area (Å²) in [4.78, 5) is 30.8. The molecule has 3 aromatic rings. The molecule has 11 heteroatoms. The molecule has 3 aliphatic heterocycles. The van der Waals surface area contributed by atoms with Crippen LogP contribution < -0.4 is 14.8 Å². The fourth-order valence-corrected chi connectivity index (χ4v) is 9.68. The van der Waals surface area contributed by atoms with Crippen LogP contribution >= 0.6 is 0 Å². The van der Waals surface area contributed by atoms with Gasteiger partial charge in [-0.25, -0.2) is 4.72 Å². The van der Waals surface area contributed by atoms with Gasteiger partial charge in [0.05, 0.1) is 18.3 Å². The molecular weight excluding hydrogens is 602 g/mol. The minimum absolute atomic E-state index is 0.0197. The van der Waals surface area contributed by atoms with Crippen molar-refractivity contribution in [3.8, 4) is 17.0 Å². The molecule has 4 fully saturated rings. The Bertz CT molecular complexity index is 1860. The molecule has 8 rings (SSSR count). The van der Waals surface area contributed by atoms with Crippen molar-refractivity contribution in [1.29, 1.82) is 0 Å². The molecule has 1 aromatic heterocycles. The maximum Gasteiger partial charge on any atom is 0.303 e. The van der Waals surface area contributed by atoms with Gasteiger partial charge in [-0.15, -0.1) is 0 Å². The summed E-state index contributed by atoms with van der Waals surface area (Å²) in [7, 11) is 0.483. The predicted molar refractivity (Wildman–Crippen MR) is 176 cm³/mol. The summed E-state index contributed by atoms with van der Waals surface area (Å²) in [5, 5.41) is 4.59. The van der Waals surface area contributed by atoms with Gasteiger partial charge in [0.2, 0.25) is 5.91 Å². The highest BCUT2D eigenvalue weighted by Crippen LogP contribution is 2.67. The second-order valence-corrected chi connectivity index (χ2v) is 16.0. The van der Waals surface area contributed by atoms with E-state index in [2.05, 4.69) is 31.6 Å². The zero-order chi connectivity index (χ0) is 32.0. The van der Waals surface area contributed by atoms with Crippen molar-refractivity contribution < 1.29 is 22.7 Å². The minimum Gasteiger partial charge on any atom is -0.497 e. The number of nitrogens with zero attached hydrogens (tertiary/aromatic N) is 3. The van der Waals surface area contributed by atoms with E-state index in [9.17, 15) is 13.2 Å². The Kier molecular flexibility index (Phi) is 7.04. The lowest BCUT2D eigenvalue weighted by atomic mass is 9.80. The minimum atomic E-state index is -3.98.